The van der Waals surface area contributed by atoms with Gasteiger partial charge in [-0.15, -0.1) is 0 Å². The molecule has 4 aliphatic rings. The highest BCUT2D eigenvalue weighted by Gasteiger charge is 2.39. The Bertz CT molecular complexity index is 1200. The molecule has 40 heavy (non-hydrogen) atoms. The van der Waals surface area contributed by atoms with Crippen LogP contribution in [0.15, 0.2) is 60.7 Å². The highest BCUT2D eigenvalue weighted by atomic mass is 16.5. The van der Waals surface area contributed by atoms with E-state index >= 15 is 0 Å². The molecule has 212 valence electrons. The summed E-state index contributed by atoms with van der Waals surface area (Å²) in [6.45, 7) is 9.19. The maximum absolute atomic E-state index is 13.8. The minimum absolute atomic E-state index is 0.0821. The van der Waals surface area contributed by atoms with Gasteiger partial charge in [0.2, 0.25) is 11.8 Å². The van der Waals surface area contributed by atoms with Gasteiger partial charge in [0.05, 0.1) is 19.1 Å². The summed E-state index contributed by atoms with van der Waals surface area (Å²) in [5.74, 6) is -0.0930. The molecule has 1 atom stereocenters. The van der Waals surface area contributed by atoms with E-state index in [1.165, 1.54) is 11.1 Å². The molecule has 1 unspecified atom stereocenters. The first kappa shape index (κ1) is 27.2. The van der Waals surface area contributed by atoms with Crippen LogP contribution in [-0.2, 0) is 19.7 Å². The van der Waals surface area contributed by atoms with Crippen LogP contribution >= 0.6 is 0 Å². The Kier molecular flexibility index (Phi) is 8.32. The minimum Gasteiger partial charge on any atom is -0.379 e. The van der Waals surface area contributed by atoms with E-state index in [4.69, 9.17) is 4.74 Å². The second kappa shape index (κ2) is 12.2. The number of allylic oxidation sites excluding steroid dienone is 1. The number of benzene rings is 2. The quantitative estimate of drug-likeness (QED) is 0.484. The predicted molar refractivity (Wildman–Crippen MR) is 158 cm³/mol. The fourth-order valence-corrected chi connectivity index (χ4v) is 6.93. The second-order valence-electron chi connectivity index (χ2n) is 11.8. The summed E-state index contributed by atoms with van der Waals surface area (Å²) in [7, 11) is 0. The summed E-state index contributed by atoms with van der Waals surface area (Å²) in [6.07, 6.45) is 8.25. The first-order valence-electron chi connectivity index (χ1n) is 15.1. The average molecular weight is 543 g/mol. The van der Waals surface area contributed by atoms with Gasteiger partial charge in [-0.1, -0.05) is 54.6 Å². The van der Waals surface area contributed by atoms with Gasteiger partial charge in [0.1, 0.15) is 0 Å². The Balaban J connectivity index is 1.03. The van der Waals surface area contributed by atoms with Crippen molar-refractivity contribution in [1.82, 2.24) is 14.7 Å². The lowest BCUT2D eigenvalue weighted by molar-refractivity contribution is -0.128. The molecule has 3 saturated heterocycles. The minimum atomic E-state index is -0.276. The molecular formula is C33H42N4O3. The largest absolute Gasteiger partial charge is 0.379 e. The number of anilines is 1. The molecule has 2 aromatic rings. The standard InChI is InChI=1S/C33H42N4O3/c38-31-25-28(26-36(31)20-19-35-21-23-40-24-22-35)32(39)37(29-8-2-1-3-9-29)16-6-15-34-17-13-33(14-18-34)12-11-27-7-4-5-10-30(27)33/h1-5,7-12,28H,6,13-26H2. The molecule has 6 rings (SSSR count). The van der Waals surface area contributed by atoms with Crippen LogP contribution in [0.4, 0.5) is 5.69 Å². The Morgan fingerprint density at radius 1 is 0.900 bits per heavy atom. The third-order valence-corrected chi connectivity index (χ3v) is 9.37. The molecule has 1 aliphatic carbocycles. The van der Waals surface area contributed by atoms with Gasteiger partial charge in [0.25, 0.3) is 0 Å². The van der Waals surface area contributed by atoms with Gasteiger partial charge < -0.3 is 19.4 Å². The molecule has 0 bridgehead atoms. The number of carbonyl (C=O) groups is 2. The Morgan fingerprint density at radius 3 is 2.42 bits per heavy atom. The van der Waals surface area contributed by atoms with E-state index in [9.17, 15) is 9.59 Å². The highest BCUT2D eigenvalue weighted by molar-refractivity contribution is 5.99. The number of fused-ring (bicyclic) bond motifs is 2. The maximum Gasteiger partial charge on any atom is 0.232 e. The first-order chi connectivity index (χ1) is 19.6. The van der Waals surface area contributed by atoms with Crippen molar-refractivity contribution < 1.29 is 14.3 Å². The van der Waals surface area contributed by atoms with Gasteiger partial charge in [-0.25, -0.2) is 0 Å². The number of rotatable bonds is 9. The van der Waals surface area contributed by atoms with Crippen molar-refractivity contribution in [3.8, 4) is 0 Å². The normalized spacial score (nSPS) is 22.6. The van der Waals surface area contributed by atoms with E-state index in [0.717, 1.165) is 77.4 Å². The number of para-hydroxylation sites is 1. The maximum atomic E-state index is 13.8. The Labute approximate surface area is 238 Å². The van der Waals surface area contributed by atoms with Gasteiger partial charge in [-0.2, -0.15) is 0 Å². The van der Waals surface area contributed by atoms with E-state index in [1.54, 1.807) is 0 Å². The zero-order chi connectivity index (χ0) is 27.4. The molecule has 3 fully saturated rings. The molecule has 7 nitrogen and oxygen atoms in total. The molecule has 0 saturated carbocycles. The number of morpholine rings is 1. The van der Waals surface area contributed by atoms with Gasteiger partial charge >= 0.3 is 0 Å². The van der Waals surface area contributed by atoms with Gasteiger partial charge in [-0.05, 0) is 62.2 Å². The van der Waals surface area contributed by atoms with E-state index < -0.39 is 0 Å². The SMILES string of the molecule is O=C1CC(C(=O)N(CCCN2CCC3(C=Cc4ccccc43)CC2)c2ccccc2)CN1CCN1CCOCC1. The third kappa shape index (κ3) is 5.87. The number of hydrogen-bond acceptors (Lipinski definition) is 5. The summed E-state index contributed by atoms with van der Waals surface area (Å²) in [5, 5.41) is 0. The Hall–Kier alpha value is -3.00. The Morgan fingerprint density at radius 2 is 1.62 bits per heavy atom. The van der Waals surface area contributed by atoms with Crippen molar-refractivity contribution in [3.05, 3.63) is 71.8 Å². The lowest BCUT2D eigenvalue weighted by Gasteiger charge is -2.39. The van der Waals surface area contributed by atoms with Crippen LogP contribution in [0, 0.1) is 5.92 Å². The highest BCUT2D eigenvalue weighted by Crippen LogP contribution is 2.43. The molecule has 1 spiro atoms. The second-order valence-corrected chi connectivity index (χ2v) is 11.8. The van der Waals surface area contributed by atoms with Crippen LogP contribution < -0.4 is 4.90 Å². The number of nitrogens with zero attached hydrogens (tertiary/aromatic N) is 4. The zero-order valence-corrected chi connectivity index (χ0v) is 23.5. The van der Waals surface area contributed by atoms with Crippen LogP contribution in [0.1, 0.15) is 36.8 Å². The summed E-state index contributed by atoms with van der Waals surface area (Å²) < 4.78 is 5.44. The monoisotopic (exact) mass is 542 g/mol. The van der Waals surface area contributed by atoms with E-state index in [1.807, 2.05) is 40.1 Å². The van der Waals surface area contributed by atoms with Crippen molar-refractivity contribution in [2.75, 3.05) is 77.0 Å². The van der Waals surface area contributed by atoms with Gasteiger partial charge in [0, 0.05) is 56.8 Å². The number of ether oxygens (including phenoxy) is 1. The van der Waals surface area contributed by atoms with Crippen molar-refractivity contribution in [2.24, 2.45) is 5.92 Å². The van der Waals surface area contributed by atoms with Crippen molar-refractivity contribution in [3.63, 3.8) is 0 Å². The van der Waals surface area contributed by atoms with Crippen molar-refractivity contribution >= 4 is 23.6 Å². The summed E-state index contributed by atoms with van der Waals surface area (Å²) >= 11 is 0. The average Bonchev–Trinajstić information content (AvgIpc) is 3.56. The number of piperidine rings is 1. The first-order valence-corrected chi connectivity index (χ1v) is 15.1. The number of amides is 2. The van der Waals surface area contributed by atoms with Gasteiger partial charge in [-0.3, -0.25) is 14.5 Å². The summed E-state index contributed by atoms with van der Waals surface area (Å²) in [5.41, 5.74) is 3.98. The van der Waals surface area contributed by atoms with Gasteiger partial charge in [0.15, 0.2) is 0 Å². The number of likely N-dealkylation sites (tertiary alicyclic amines) is 2. The van der Waals surface area contributed by atoms with E-state index in [-0.39, 0.29) is 23.1 Å². The molecule has 0 N–H and O–H groups in total. The van der Waals surface area contributed by atoms with E-state index in [2.05, 4.69) is 46.2 Å². The van der Waals surface area contributed by atoms with Crippen molar-refractivity contribution in [1.29, 1.82) is 0 Å². The zero-order valence-electron chi connectivity index (χ0n) is 23.5. The molecule has 0 aromatic heterocycles. The molecule has 3 heterocycles. The summed E-state index contributed by atoms with van der Waals surface area (Å²) in [6, 6.07) is 18.8. The molecule has 3 aliphatic heterocycles. The fourth-order valence-electron chi connectivity index (χ4n) is 6.93. The van der Waals surface area contributed by atoms with Crippen LogP contribution in [0.3, 0.4) is 0 Å². The third-order valence-electron chi connectivity index (χ3n) is 9.37. The van der Waals surface area contributed by atoms with Crippen LogP contribution in [-0.4, -0.2) is 98.6 Å². The smallest absolute Gasteiger partial charge is 0.232 e. The summed E-state index contributed by atoms with van der Waals surface area (Å²) in [4.78, 5) is 35.4. The molecule has 2 aromatic carbocycles. The lowest BCUT2D eigenvalue weighted by atomic mass is 9.74. The lowest BCUT2D eigenvalue weighted by Crippen LogP contribution is -2.43. The fraction of sp³-hybridized carbons (Fsp3) is 0.515. The van der Waals surface area contributed by atoms with Crippen LogP contribution in [0.5, 0.6) is 0 Å². The molecule has 0 radical (unpaired) electrons. The van der Waals surface area contributed by atoms with Crippen molar-refractivity contribution in [2.45, 2.75) is 31.1 Å². The molecular weight excluding hydrogens is 500 g/mol. The van der Waals surface area contributed by atoms with Crippen LogP contribution in [0.25, 0.3) is 6.08 Å². The predicted octanol–water partition coefficient (Wildman–Crippen LogP) is 3.65. The molecule has 7 heteroatoms. The topological polar surface area (TPSA) is 56.3 Å². The number of hydrogen-bond donors (Lipinski definition) is 0. The molecule has 2 amide bonds. The van der Waals surface area contributed by atoms with Crippen LogP contribution in [0.2, 0.25) is 0 Å². The number of carbonyl (C=O) groups excluding carboxylic acids is 2. The van der Waals surface area contributed by atoms with E-state index in [0.29, 0.717) is 26.1 Å².